The number of para-hydroxylation sites is 1. The molecule has 0 radical (unpaired) electrons. The molecule has 1 fully saturated rings. The lowest BCUT2D eigenvalue weighted by atomic mass is 10.2. The largest absolute Gasteiger partial charge is 0.496 e. The molecular weight excluding hydrogens is 388 g/mol. The molecule has 156 valence electrons. The fraction of sp³-hybridized carbons (Fsp3) is 0.409. The van der Waals surface area contributed by atoms with E-state index in [0.29, 0.717) is 24.5 Å². The molecule has 0 bridgehead atoms. The highest BCUT2D eigenvalue weighted by molar-refractivity contribution is 7.92. The van der Waals surface area contributed by atoms with E-state index < -0.39 is 10.0 Å². The predicted octanol–water partition coefficient (Wildman–Crippen LogP) is 3.60. The quantitative estimate of drug-likeness (QED) is 0.722. The molecule has 1 heterocycles. The first-order chi connectivity index (χ1) is 13.9. The van der Waals surface area contributed by atoms with E-state index in [1.807, 2.05) is 6.07 Å². The molecule has 0 saturated carbocycles. The molecule has 0 atom stereocenters. The molecule has 0 N–H and O–H groups in total. The first kappa shape index (κ1) is 21.2. The van der Waals surface area contributed by atoms with E-state index in [1.165, 1.54) is 10.4 Å². The van der Waals surface area contributed by atoms with Crippen molar-refractivity contribution in [2.45, 2.75) is 37.5 Å². The van der Waals surface area contributed by atoms with Crippen molar-refractivity contribution in [3.05, 3.63) is 54.1 Å². The van der Waals surface area contributed by atoms with Gasteiger partial charge in [0.15, 0.2) is 0 Å². The number of hydrogen-bond acceptors (Lipinski definition) is 4. The monoisotopic (exact) mass is 416 g/mol. The SMILES string of the molecule is COc1ccc(S(=O)(=O)N(CC(=O)N2CCCCCC2)c2ccccc2)cc1C. The van der Waals surface area contributed by atoms with E-state index in [1.54, 1.807) is 55.3 Å². The molecule has 2 aromatic carbocycles. The second-order valence-electron chi connectivity index (χ2n) is 7.27. The Morgan fingerprint density at radius 2 is 1.69 bits per heavy atom. The summed E-state index contributed by atoms with van der Waals surface area (Å²) in [5.74, 6) is 0.459. The summed E-state index contributed by atoms with van der Waals surface area (Å²) in [4.78, 5) is 14.9. The van der Waals surface area contributed by atoms with Crippen molar-refractivity contribution in [2.75, 3.05) is 31.0 Å². The number of likely N-dealkylation sites (tertiary alicyclic amines) is 1. The van der Waals surface area contributed by atoms with Crippen molar-refractivity contribution in [1.82, 2.24) is 4.90 Å². The van der Waals surface area contributed by atoms with Gasteiger partial charge in [0.1, 0.15) is 12.3 Å². The van der Waals surface area contributed by atoms with Crippen molar-refractivity contribution in [3.63, 3.8) is 0 Å². The van der Waals surface area contributed by atoms with Gasteiger partial charge in [0.25, 0.3) is 10.0 Å². The maximum Gasteiger partial charge on any atom is 0.264 e. The third-order valence-electron chi connectivity index (χ3n) is 5.24. The third kappa shape index (κ3) is 4.90. The molecule has 2 aromatic rings. The normalized spacial score (nSPS) is 14.9. The van der Waals surface area contributed by atoms with E-state index in [4.69, 9.17) is 4.74 Å². The van der Waals surface area contributed by atoms with Crippen LogP contribution in [0.25, 0.3) is 0 Å². The number of benzene rings is 2. The van der Waals surface area contributed by atoms with Crippen LogP contribution in [-0.2, 0) is 14.8 Å². The third-order valence-corrected chi connectivity index (χ3v) is 7.01. The van der Waals surface area contributed by atoms with E-state index in [0.717, 1.165) is 31.2 Å². The van der Waals surface area contributed by atoms with Crippen LogP contribution in [0.5, 0.6) is 5.75 Å². The minimum absolute atomic E-state index is 0.142. The second-order valence-corrected chi connectivity index (χ2v) is 9.14. The average Bonchev–Trinajstić information content (AvgIpc) is 3.02. The fourth-order valence-electron chi connectivity index (χ4n) is 3.59. The van der Waals surface area contributed by atoms with Crippen LogP contribution in [0.15, 0.2) is 53.4 Å². The number of amides is 1. The summed E-state index contributed by atoms with van der Waals surface area (Å²) in [6, 6.07) is 13.5. The van der Waals surface area contributed by atoms with Crippen molar-refractivity contribution in [3.8, 4) is 5.75 Å². The molecule has 1 aliphatic rings. The number of sulfonamides is 1. The number of carbonyl (C=O) groups is 1. The van der Waals surface area contributed by atoms with Gasteiger partial charge in [0, 0.05) is 13.1 Å². The number of aryl methyl sites for hydroxylation is 1. The van der Waals surface area contributed by atoms with Crippen LogP contribution in [0.2, 0.25) is 0 Å². The predicted molar refractivity (Wildman–Crippen MR) is 114 cm³/mol. The van der Waals surface area contributed by atoms with Crippen LogP contribution in [0.4, 0.5) is 5.69 Å². The molecule has 6 nitrogen and oxygen atoms in total. The molecule has 1 amide bonds. The van der Waals surface area contributed by atoms with Gasteiger partial charge >= 0.3 is 0 Å². The molecule has 7 heteroatoms. The summed E-state index contributed by atoms with van der Waals surface area (Å²) < 4.78 is 33.4. The number of hydrogen-bond donors (Lipinski definition) is 0. The fourth-order valence-corrected chi connectivity index (χ4v) is 5.09. The summed E-state index contributed by atoms with van der Waals surface area (Å²) in [5.41, 5.74) is 1.20. The zero-order valence-corrected chi connectivity index (χ0v) is 17.8. The lowest BCUT2D eigenvalue weighted by Gasteiger charge is -2.28. The number of anilines is 1. The Morgan fingerprint density at radius 3 is 2.28 bits per heavy atom. The smallest absolute Gasteiger partial charge is 0.264 e. The molecule has 29 heavy (non-hydrogen) atoms. The molecule has 0 aromatic heterocycles. The van der Waals surface area contributed by atoms with Crippen molar-refractivity contribution in [2.24, 2.45) is 0 Å². The molecule has 0 aliphatic carbocycles. The van der Waals surface area contributed by atoms with Gasteiger partial charge in [-0.15, -0.1) is 0 Å². The lowest BCUT2D eigenvalue weighted by Crippen LogP contribution is -2.43. The zero-order chi connectivity index (χ0) is 20.9. The van der Waals surface area contributed by atoms with E-state index in [9.17, 15) is 13.2 Å². The van der Waals surface area contributed by atoms with Crippen LogP contribution in [-0.4, -0.2) is 46.0 Å². The van der Waals surface area contributed by atoms with E-state index in [-0.39, 0.29) is 17.3 Å². The number of ether oxygens (including phenoxy) is 1. The van der Waals surface area contributed by atoms with Crippen molar-refractivity contribution < 1.29 is 17.9 Å². The Kier molecular flexibility index (Phi) is 6.79. The van der Waals surface area contributed by atoms with Crippen LogP contribution in [0.3, 0.4) is 0 Å². The Morgan fingerprint density at radius 1 is 1.03 bits per heavy atom. The summed E-state index contributed by atoms with van der Waals surface area (Å²) in [5, 5.41) is 0. The first-order valence-corrected chi connectivity index (χ1v) is 11.4. The molecule has 3 rings (SSSR count). The standard InChI is InChI=1S/C22H28N2O4S/c1-18-16-20(12-13-21(18)28-2)29(26,27)24(19-10-6-5-7-11-19)17-22(25)23-14-8-3-4-9-15-23/h5-7,10-13,16H,3-4,8-9,14-15,17H2,1-2H3. The van der Waals surface area contributed by atoms with Gasteiger partial charge < -0.3 is 9.64 Å². The highest BCUT2D eigenvalue weighted by Crippen LogP contribution is 2.27. The van der Waals surface area contributed by atoms with Crippen molar-refractivity contribution in [1.29, 1.82) is 0 Å². The lowest BCUT2D eigenvalue weighted by molar-refractivity contribution is -0.129. The zero-order valence-electron chi connectivity index (χ0n) is 17.0. The maximum atomic E-state index is 13.5. The van der Waals surface area contributed by atoms with Gasteiger partial charge in [-0.3, -0.25) is 9.10 Å². The van der Waals surface area contributed by atoms with Crippen LogP contribution in [0, 0.1) is 6.92 Å². The summed E-state index contributed by atoms with van der Waals surface area (Å²) in [6.07, 6.45) is 4.13. The van der Waals surface area contributed by atoms with Crippen LogP contribution < -0.4 is 9.04 Å². The average molecular weight is 417 g/mol. The van der Waals surface area contributed by atoms with Crippen LogP contribution >= 0.6 is 0 Å². The van der Waals surface area contributed by atoms with E-state index in [2.05, 4.69) is 0 Å². The Hall–Kier alpha value is -2.54. The van der Waals surface area contributed by atoms with Gasteiger partial charge in [-0.05, 0) is 55.7 Å². The second kappa shape index (κ2) is 9.31. The van der Waals surface area contributed by atoms with Gasteiger partial charge in [-0.1, -0.05) is 31.0 Å². The number of rotatable bonds is 6. The van der Waals surface area contributed by atoms with Gasteiger partial charge in [-0.25, -0.2) is 8.42 Å². The first-order valence-electron chi connectivity index (χ1n) is 9.93. The summed E-state index contributed by atoms with van der Waals surface area (Å²) in [7, 11) is -2.37. The highest BCUT2D eigenvalue weighted by Gasteiger charge is 2.29. The molecular formula is C22H28N2O4S. The summed E-state index contributed by atoms with van der Waals surface area (Å²) >= 11 is 0. The maximum absolute atomic E-state index is 13.5. The highest BCUT2D eigenvalue weighted by atomic mass is 32.2. The van der Waals surface area contributed by atoms with Crippen molar-refractivity contribution >= 4 is 21.6 Å². The van der Waals surface area contributed by atoms with E-state index >= 15 is 0 Å². The number of carbonyl (C=O) groups excluding carboxylic acids is 1. The van der Waals surface area contributed by atoms with Gasteiger partial charge in [-0.2, -0.15) is 0 Å². The summed E-state index contributed by atoms with van der Waals surface area (Å²) in [6.45, 7) is 2.96. The van der Waals surface area contributed by atoms with Crippen LogP contribution in [0.1, 0.15) is 31.2 Å². The molecule has 0 spiro atoms. The minimum atomic E-state index is -3.91. The Bertz CT molecular complexity index is 937. The van der Waals surface area contributed by atoms with Gasteiger partial charge in [0.05, 0.1) is 17.7 Å². The van der Waals surface area contributed by atoms with Gasteiger partial charge in [0.2, 0.25) is 5.91 Å². The number of methoxy groups -OCH3 is 1. The minimum Gasteiger partial charge on any atom is -0.496 e. The molecule has 0 unspecified atom stereocenters. The topological polar surface area (TPSA) is 66.9 Å². The molecule has 1 saturated heterocycles. The Balaban J connectivity index is 1.94. The number of nitrogens with zero attached hydrogens (tertiary/aromatic N) is 2. The Labute approximate surface area is 173 Å². The molecule has 1 aliphatic heterocycles.